The third kappa shape index (κ3) is 4.18. The molecule has 0 amide bonds. The molecule has 0 aromatic heterocycles. The number of esters is 1. The molecule has 1 fully saturated rings. The second-order valence-corrected chi connectivity index (χ2v) is 4.59. The third-order valence-electron chi connectivity index (χ3n) is 2.56. The van der Waals surface area contributed by atoms with E-state index in [-0.39, 0.29) is 17.4 Å². The van der Waals surface area contributed by atoms with E-state index in [1.807, 2.05) is 13.8 Å². The maximum absolute atomic E-state index is 11.2. The van der Waals surface area contributed by atoms with E-state index in [4.69, 9.17) is 9.47 Å². The minimum Gasteiger partial charge on any atom is -0.466 e. The van der Waals surface area contributed by atoms with Gasteiger partial charge in [-0.3, -0.25) is 4.79 Å². The van der Waals surface area contributed by atoms with Gasteiger partial charge in [0.1, 0.15) is 0 Å². The van der Waals surface area contributed by atoms with Crippen molar-refractivity contribution in [1.29, 1.82) is 0 Å². The lowest BCUT2D eigenvalue weighted by molar-refractivity contribution is -0.143. The van der Waals surface area contributed by atoms with E-state index >= 15 is 0 Å². The second-order valence-electron chi connectivity index (χ2n) is 4.59. The molecule has 88 valence electrons. The average molecular weight is 215 g/mol. The quantitative estimate of drug-likeness (QED) is 0.670. The predicted molar refractivity (Wildman–Crippen MR) is 57.6 cm³/mol. The first-order chi connectivity index (χ1) is 7.06. The number of carbonyl (C=O) groups excluding carboxylic acids is 1. The van der Waals surface area contributed by atoms with E-state index in [1.54, 1.807) is 0 Å². The summed E-state index contributed by atoms with van der Waals surface area (Å²) >= 11 is 0. The first-order valence-corrected chi connectivity index (χ1v) is 5.52. The van der Waals surface area contributed by atoms with E-state index in [1.165, 1.54) is 0 Å². The van der Waals surface area contributed by atoms with Crippen LogP contribution in [0.3, 0.4) is 0 Å². The summed E-state index contributed by atoms with van der Waals surface area (Å²) < 4.78 is 10.0. The van der Waals surface area contributed by atoms with Crippen LogP contribution in [0.1, 0.15) is 27.2 Å². The minimum absolute atomic E-state index is 0.132. The molecule has 1 N–H and O–H groups in total. The molecule has 1 unspecified atom stereocenters. The molecule has 15 heavy (non-hydrogen) atoms. The topological polar surface area (TPSA) is 47.6 Å². The van der Waals surface area contributed by atoms with E-state index in [0.717, 1.165) is 19.8 Å². The van der Waals surface area contributed by atoms with Crippen molar-refractivity contribution >= 4 is 5.97 Å². The van der Waals surface area contributed by atoms with Crippen LogP contribution in [0.15, 0.2) is 0 Å². The van der Waals surface area contributed by atoms with Gasteiger partial charge >= 0.3 is 5.97 Å². The first kappa shape index (κ1) is 12.5. The number of hydrogen-bond acceptors (Lipinski definition) is 4. The van der Waals surface area contributed by atoms with Gasteiger partial charge in [0.25, 0.3) is 0 Å². The highest BCUT2D eigenvalue weighted by Gasteiger charge is 2.33. The van der Waals surface area contributed by atoms with E-state index in [0.29, 0.717) is 13.0 Å². The largest absolute Gasteiger partial charge is 0.466 e. The van der Waals surface area contributed by atoms with Gasteiger partial charge in [-0.05, 0) is 13.8 Å². The highest BCUT2D eigenvalue weighted by Crippen LogP contribution is 2.25. The molecule has 0 aliphatic carbocycles. The van der Waals surface area contributed by atoms with Gasteiger partial charge in [-0.25, -0.2) is 0 Å². The van der Waals surface area contributed by atoms with Gasteiger partial charge in [-0.2, -0.15) is 0 Å². The lowest BCUT2D eigenvalue weighted by atomic mass is 9.88. The molecule has 0 aromatic carbocycles. The van der Waals surface area contributed by atoms with Crippen LogP contribution in [-0.4, -0.2) is 38.4 Å². The van der Waals surface area contributed by atoms with Crippen LogP contribution >= 0.6 is 0 Å². The summed E-state index contributed by atoms with van der Waals surface area (Å²) in [5, 5.41) is 3.33. The van der Waals surface area contributed by atoms with Crippen LogP contribution in [0.25, 0.3) is 0 Å². The smallest absolute Gasteiger partial charge is 0.307 e. The zero-order valence-corrected chi connectivity index (χ0v) is 9.84. The zero-order chi connectivity index (χ0) is 11.3. The highest BCUT2D eigenvalue weighted by molar-refractivity contribution is 5.69. The molecule has 1 heterocycles. The Bertz CT molecular complexity index is 214. The van der Waals surface area contributed by atoms with Crippen LogP contribution in [0.4, 0.5) is 0 Å². The van der Waals surface area contributed by atoms with Crippen molar-refractivity contribution in [3.05, 3.63) is 0 Å². The number of nitrogens with one attached hydrogen (secondary N) is 1. The molecule has 0 bridgehead atoms. The maximum Gasteiger partial charge on any atom is 0.307 e. The Hall–Kier alpha value is -0.610. The summed E-state index contributed by atoms with van der Waals surface area (Å²) in [6, 6.07) is 0.168. The zero-order valence-electron chi connectivity index (χ0n) is 9.84. The van der Waals surface area contributed by atoms with E-state index in [9.17, 15) is 4.79 Å². The number of hydrogen-bond donors (Lipinski definition) is 1. The van der Waals surface area contributed by atoms with Gasteiger partial charge in [-0.1, -0.05) is 6.92 Å². The normalized spacial score (nSPS) is 20.5. The number of ether oxygens (including phenoxy) is 2. The van der Waals surface area contributed by atoms with Crippen molar-refractivity contribution in [2.75, 3.05) is 26.4 Å². The third-order valence-corrected chi connectivity index (χ3v) is 2.56. The Morgan fingerprint density at radius 1 is 1.60 bits per heavy atom. The molecule has 4 heteroatoms. The fraction of sp³-hybridized carbons (Fsp3) is 0.909. The van der Waals surface area contributed by atoms with E-state index in [2.05, 4.69) is 12.2 Å². The summed E-state index contributed by atoms with van der Waals surface area (Å²) in [5.41, 5.74) is 0.253. The average Bonchev–Trinajstić information content (AvgIpc) is 2.12. The Morgan fingerprint density at radius 2 is 2.27 bits per heavy atom. The highest BCUT2D eigenvalue weighted by atomic mass is 16.5. The predicted octanol–water partition coefficient (Wildman–Crippen LogP) is 0.954. The Labute approximate surface area is 91.3 Å². The monoisotopic (exact) mass is 215 g/mol. The molecule has 0 spiro atoms. The number of carbonyl (C=O) groups is 1. The molecule has 4 nitrogen and oxygen atoms in total. The summed E-state index contributed by atoms with van der Waals surface area (Å²) in [5.74, 6) is -0.132. The van der Waals surface area contributed by atoms with Gasteiger partial charge < -0.3 is 14.8 Å². The van der Waals surface area contributed by atoms with Crippen molar-refractivity contribution < 1.29 is 14.3 Å². The summed E-state index contributed by atoms with van der Waals surface area (Å²) in [6.07, 6.45) is 0.435. The molecule has 1 rings (SSSR count). The Morgan fingerprint density at radius 3 is 2.73 bits per heavy atom. The van der Waals surface area contributed by atoms with Crippen molar-refractivity contribution in [2.24, 2.45) is 5.41 Å². The molecular formula is C11H21NO3. The Kier molecular flexibility index (Phi) is 4.54. The number of rotatable bonds is 6. The second kappa shape index (κ2) is 5.47. The van der Waals surface area contributed by atoms with Crippen LogP contribution in [0.2, 0.25) is 0 Å². The Balaban J connectivity index is 2.12. The molecule has 1 aliphatic heterocycles. The van der Waals surface area contributed by atoms with Gasteiger partial charge in [-0.15, -0.1) is 0 Å². The van der Waals surface area contributed by atoms with Crippen LogP contribution in [-0.2, 0) is 14.3 Å². The maximum atomic E-state index is 11.2. The summed E-state index contributed by atoms with van der Waals surface area (Å²) in [4.78, 5) is 11.2. The van der Waals surface area contributed by atoms with Gasteiger partial charge in [0.2, 0.25) is 0 Å². The molecular weight excluding hydrogens is 194 g/mol. The van der Waals surface area contributed by atoms with Crippen molar-refractivity contribution in [2.45, 2.75) is 33.2 Å². The van der Waals surface area contributed by atoms with Gasteiger partial charge in [0.05, 0.1) is 26.2 Å². The van der Waals surface area contributed by atoms with Crippen LogP contribution in [0.5, 0.6) is 0 Å². The first-order valence-electron chi connectivity index (χ1n) is 5.52. The van der Waals surface area contributed by atoms with Crippen molar-refractivity contribution in [1.82, 2.24) is 5.32 Å². The fourth-order valence-electron chi connectivity index (χ4n) is 1.52. The summed E-state index contributed by atoms with van der Waals surface area (Å²) in [7, 11) is 0. The van der Waals surface area contributed by atoms with Crippen LogP contribution in [0, 0.1) is 5.41 Å². The molecule has 0 radical (unpaired) electrons. The summed E-state index contributed by atoms with van der Waals surface area (Å²) in [6.45, 7) is 8.98. The molecule has 0 aromatic rings. The van der Waals surface area contributed by atoms with E-state index < -0.39 is 0 Å². The lowest BCUT2D eigenvalue weighted by Crippen LogP contribution is -2.49. The molecule has 1 aliphatic rings. The standard InChI is InChI=1S/C11H21NO3/c1-4-15-10(13)5-9(2)12-6-11(3)7-14-8-11/h9,12H,4-8H2,1-3H3. The van der Waals surface area contributed by atoms with Crippen molar-refractivity contribution in [3.8, 4) is 0 Å². The van der Waals surface area contributed by atoms with Crippen LogP contribution < -0.4 is 5.32 Å². The van der Waals surface area contributed by atoms with Crippen molar-refractivity contribution in [3.63, 3.8) is 0 Å². The fourth-order valence-corrected chi connectivity index (χ4v) is 1.52. The SMILES string of the molecule is CCOC(=O)CC(C)NCC1(C)COC1. The van der Waals surface area contributed by atoms with Gasteiger partial charge in [0.15, 0.2) is 0 Å². The lowest BCUT2D eigenvalue weighted by Gasteiger charge is -2.38. The molecule has 1 atom stereocenters. The minimum atomic E-state index is -0.132. The van der Waals surface area contributed by atoms with Gasteiger partial charge in [0, 0.05) is 18.0 Å². The molecule has 0 saturated carbocycles. The molecule has 1 saturated heterocycles.